The van der Waals surface area contributed by atoms with Gasteiger partial charge >= 0.3 is 0 Å². The van der Waals surface area contributed by atoms with Crippen LogP contribution in [0.3, 0.4) is 0 Å². The quantitative estimate of drug-likeness (QED) is 0.216. The number of nitrogens with one attached hydrogen (secondary N) is 1. The van der Waals surface area contributed by atoms with Gasteiger partial charge in [0.1, 0.15) is 0 Å². The zero-order chi connectivity index (χ0) is 15.4. The molecule has 0 aromatic carbocycles. The molecule has 0 saturated heterocycles. The molecule has 126 valence electrons. The number of carbonyl (C=O) groups excluding carboxylic acids is 1. The summed E-state index contributed by atoms with van der Waals surface area (Å²) in [5, 5.41) is 2.92. The van der Waals surface area contributed by atoms with E-state index in [1.807, 2.05) is 0 Å². The lowest BCUT2D eigenvalue weighted by atomic mass is 10.2. The van der Waals surface area contributed by atoms with Gasteiger partial charge in [0.2, 0.25) is 5.91 Å². The molecular formula is C17H35IN2O. The van der Waals surface area contributed by atoms with E-state index in [-0.39, 0.29) is 29.9 Å². The van der Waals surface area contributed by atoms with Crippen LogP contribution in [0.1, 0.15) is 59.8 Å². The Kier molecular flexibility index (Phi) is 15.0. The number of quaternary nitrogens is 1. The monoisotopic (exact) mass is 410 g/mol. The van der Waals surface area contributed by atoms with Gasteiger partial charge in [-0.2, -0.15) is 0 Å². The lowest BCUT2D eigenvalue weighted by molar-refractivity contribution is -0.928. The van der Waals surface area contributed by atoms with Crippen LogP contribution in [0.25, 0.3) is 0 Å². The van der Waals surface area contributed by atoms with Crippen LogP contribution in [0.5, 0.6) is 0 Å². The molecule has 0 saturated carbocycles. The number of carbonyl (C=O) groups is 1. The van der Waals surface area contributed by atoms with Crippen LogP contribution in [-0.2, 0) is 4.79 Å². The molecule has 1 amide bonds. The first-order valence-corrected chi connectivity index (χ1v) is 8.30. The lowest BCUT2D eigenvalue weighted by Gasteiger charge is -2.38. The average molecular weight is 410 g/mol. The van der Waals surface area contributed by atoms with Gasteiger partial charge in [0, 0.05) is 12.1 Å². The first-order valence-electron chi connectivity index (χ1n) is 8.30. The standard InChI is InChI=1S/C17H34N2O.HI/c1-6-12-19(13-7-2,14-8-3)15-10-9-11-18-17(20)16(4)5;/h4,6-15H2,1-3,5H3;1H. The second kappa shape index (κ2) is 13.6. The second-order valence-corrected chi connectivity index (χ2v) is 5.98. The van der Waals surface area contributed by atoms with Crippen molar-refractivity contribution in [1.29, 1.82) is 0 Å². The first kappa shape index (κ1) is 23.2. The van der Waals surface area contributed by atoms with Crippen molar-refractivity contribution in [3.8, 4) is 0 Å². The molecular weight excluding hydrogens is 375 g/mol. The van der Waals surface area contributed by atoms with Gasteiger partial charge in [0.15, 0.2) is 0 Å². The number of amides is 1. The van der Waals surface area contributed by atoms with Crippen molar-refractivity contribution in [2.75, 3.05) is 32.7 Å². The Hall–Kier alpha value is -0.100. The SMILES string of the molecule is C=C(C)C(=O)NCCCC[N+](CCC)(CCC)CCC.[I-]. The average Bonchev–Trinajstić information content (AvgIpc) is 2.39. The van der Waals surface area contributed by atoms with E-state index in [0.29, 0.717) is 5.57 Å². The third-order valence-electron chi connectivity index (χ3n) is 3.83. The van der Waals surface area contributed by atoms with Gasteiger partial charge in [-0.25, -0.2) is 0 Å². The minimum Gasteiger partial charge on any atom is -1.00 e. The van der Waals surface area contributed by atoms with Crippen molar-refractivity contribution in [3.63, 3.8) is 0 Å². The fourth-order valence-electron chi connectivity index (χ4n) is 3.02. The Balaban J connectivity index is 0. The zero-order valence-corrected chi connectivity index (χ0v) is 16.7. The number of halogens is 1. The zero-order valence-electron chi connectivity index (χ0n) is 14.5. The normalized spacial score (nSPS) is 10.9. The molecule has 0 fully saturated rings. The van der Waals surface area contributed by atoms with Gasteiger partial charge in [-0.3, -0.25) is 4.79 Å². The Labute approximate surface area is 149 Å². The van der Waals surface area contributed by atoms with Gasteiger partial charge in [-0.1, -0.05) is 27.4 Å². The van der Waals surface area contributed by atoms with Gasteiger partial charge in [0.25, 0.3) is 0 Å². The summed E-state index contributed by atoms with van der Waals surface area (Å²) in [7, 11) is 0. The Bertz CT molecular complexity index is 275. The van der Waals surface area contributed by atoms with E-state index < -0.39 is 0 Å². The van der Waals surface area contributed by atoms with E-state index in [4.69, 9.17) is 0 Å². The van der Waals surface area contributed by atoms with E-state index >= 15 is 0 Å². The number of nitrogens with zero attached hydrogens (tertiary/aromatic N) is 1. The molecule has 0 aromatic heterocycles. The summed E-state index contributed by atoms with van der Waals surface area (Å²) in [5.41, 5.74) is 0.595. The maximum Gasteiger partial charge on any atom is 0.246 e. The summed E-state index contributed by atoms with van der Waals surface area (Å²) in [6, 6.07) is 0. The van der Waals surface area contributed by atoms with E-state index in [1.54, 1.807) is 6.92 Å². The summed E-state index contributed by atoms with van der Waals surface area (Å²) in [5.74, 6) is -0.0126. The maximum atomic E-state index is 11.4. The van der Waals surface area contributed by atoms with E-state index in [0.717, 1.165) is 13.0 Å². The minimum absolute atomic E-state index is 0. The summed E-state index contributed by atoms with van der Waals surface area (Å²) in [4.78, 5) is 11.4. The largest absolute Gasteiger partial charge is 1.00 e. The van der Waals surface area contributed by atoms with Crippen LogP contribution in [0.4, 0.5) is 0 Å². The number of hydrogen-bond donors (Lipinski definition) is 1. The third-order valence-corrected chi connectivity index (χ3v) is 3.83. The summed E-state index contributed by atoms with van der Waals surface area (Å²) in [6.45, 7) is 18.1. The lowest BCUT2D eigenvalue weighted by Crippen LogP contribution is -3.00. The highest BCUT2D eigenvalue weighted by atomic mass is 127. The van der Waals surface area contributed by atoms with Crippen molar-refractivity contribution in [2.24, 2.45) is 0 Å². The van der Waals surface area contributed by atoms with Gasteiger partial charge in [-0.05, 0) is 39.0 Å². The van der Waals surface area contributed by atoms with Crippen LogP contribution in [0.2, 0.25) is 0 Å². The molecule has 0 aliphatic heterocycles. The van der Waals surface area contributed by atoms with Crippen LogP contribution >= 0.6 is 0 Å². The van der Waals surface area contributed by atoms with Crippen LogP contribution in [-0.4, -0.2) is 43.1 Å². The predicted octanol–water partition coefficient (Wildman–Crippen LogP) is 0.510. The Morgan fingerprint density at radius 1 is 0.952 bits per heavy atom. The molecule has 0 atom stereocenters. The highest BCUT2D eigenvalue weighted by molar-refractivity contribution is 5.91. The summed E-state index contributed by atoms with van der Waals surface area (Å²) in [6.07, 6.45) is 6.03. The van der Waals surface area contributed by atoms with Crippen molar-refractivity contribution in [2.45, 2.75) is 59.8 Å². The molecule has 21 heavy (non-hydrogen) atoms. The molecule has 0 unspecified atom stereocenters. The molecule has 0 rings (SSSR count). The molecule has 3 nitrogen and oxygen atoms in total. The molecule has 0 aromatic rings. The summed E-state index contributed by atoms with van der Waals surface area (Å²) >= 11 is 0. The predicted molar refractivity (Wildman–Crippen MR) is 87.7 cm³/mol. The first-order chi connectivity index (χ1) is 9.51. The van der Waals surface area contributed by atoms with E-state index in [9.17, 15) is 4.79 Å². The van der Waals surface area contributed by atoms with Crippen molar-refractivity contribution in [3.05, 3.63) is 12.2 Å². The van der Waals surface area contributed by atoms with Gasteiger partial charge in [0.05, 0.1) is 26.2 Å². The molecule has 0 spiro atoms. The molecule has 4 heteroatoms. The minimum atomic E-state index is -0.0126. The van der Waals surface area contributed by atoms with Crippen LogP contribution in [0, 0.1) is 0 Å². The third kappa shape index (κ3) is 10.3. The fourth-order valence-corrected chi connectivity index (χ4v) is 3.02. The van der Waals surface area contributed by atoms with Crippen molar-refractivity contribution in [1.82, 2.24) is 5.32 Å². The van der Waals surface area contributed by atoms with Crippen molar-refractivity contribution >= 4 is 5.91 Å². The van der Waals surface area contributed by atoms with Crippen LogP contribution in [0.15, 0.2) is 12.2 Å². The smallest absolute Gasteiger partial charge is 0.246 e. The van der Waals surface area contributed by atoms with Gasteiger partial charge < -0.3 is 33.8 Å². The molecule has 0 aliphatic carbocycles. The number of rotatable bonds is 12. The summed E-state index contributed by atoms with van der Waals surface area (Å²) < 4.78 is 1.26. The van der Waals surface area contributed by atoms with E-state index in [1.165, 1.54) is 56.3 Å². The Morgan fingerprint density at radius 3 is 1.81 bits per heavy atom. The second-order valence-electron chi connectivity index (χ2n) is 5.98. The molecule has 0 bridgehead atoms. The maximum absolute atomic E-state index is 11.4. The Morgan fingerprint density at radius 2 is 1.43 bits per heavy atom. The number of unbranched alkanes of at least 4 members (excludes halogenated alkanes) is 1. The van der Waals surface area contributed by atoms with Gasteiger partial charge in [-0.15, -0.1) is 0 Å². The molecule has 1 N–H and O–H groups in total. The molecule has 0 radical (unpaired) electrons. The molecule has 0 aliphatic rings. The highest BCUT2D eigenvalue weighted by Gasteiger charge is 2.23. The fraction of sp³-hybridized carbons (Fsp3) is 0.824. The van der Waals surface area contributed by atoms with Crippen molar-refractivity contribution < 1.29 is 33.3 Å². The highest BCUT2D eigenvalue weighted by Crippen LogP contribution is 2.13. The molecule has 0 heterocycles. The number of hydrogen-bond acceptors (Lipinski definition) is 1. The topological polar surface area (TPSA) is 29.1 Å². The van der Waals surface area contributed by atoms with Crippen LogP contribution < -0.4 is 29.3 Å². The van der Waals surface area contributed by atoms with E-state index in [2.05, 4.69) is 32.7 Å².